The van der Waals surface area contributed by atoms with Crippen LogP contribution < -0.4 is 5.69 Å². The minimum absolute atomic E-state index is 0.0401. The topological polar surface area (TPSA) is 45.8 Å². The van der Waals surface area contributed by atoms with Crippen LogP contribution in [0.3, 0.4) is 0 Å². The number of H-pyrrole nitrogens is 1. The van der Waals surface area contributed by atoms with Crippen molar-refractivity contribution in [1.82, 2.24) is 9.97 Å². The summed E-state index contributed by atoms with van der Waals surface area (Å²) in [5, 5.41) is 0. The summed E-state index contributed by atoms with van der Waals surface area (Å²) in [6, 6.07) is 8.21. The summed E-state index contributed by atoms with van der Waals surface area (Å²) in [7, 11) is 0. The van der Waals surface area contributed by atoms with Gasteiger partial charge in [-0.3, -0.25) is 0 Å². The molecule has 1 heterocycles. The molecule has 0 saturated heterocycles. The molecule has 0 saturated carbocycles. The molecule has 104 valence electrons. The molecule has 1 aromatic heterocycles. The Morgan fingerprint density at radius 2 is 1.80 bits per heavy atom. The predicted octanol–water partition coefficient (Wildman–Crippen LogP) is 3.27. The highest BCUT2D eigenvalue weighted by atomic mass is 19.4. The van der Waals surface area contributed by atoms with Crippen LogP contribution in [0, 0.1) is 6.92 Å². The van der Waals surface area contributed by atoms with E-state index in [0.717, 1.165) is 17.2 Å². The van der Waals surface area contributed by atoms with E-state index < -0.39 is 17.6 Å². The predicted molar refractivity (Wildman–Crippen MR) is 70.0 cm³/mol. The average Bonchev–Trinajstić information content (AvgIpc) is 2.36. The van der Waals surface area contributed by atoms with E-state index >= 15 is 0 Å². The summed E-state index contributed by atoms with van der Waals surface area (Å²) in [6.07, 6.45) is -1.63. The highest BCUT2D eigenvalue weighted by Crippen LogP contribution is 2.26. The largest absolute Gasteiger partial charge is 0.431 e. The average molecular weight is 280 g/mol. The normalized spacial score (nSPS) is 12.0. The molecule has 0 radical (unpaired) electrons. The zero-order valence-electron chi connectivity index (χ0n) is 10.5. The molecule has 0 atom stereocenters. The van der Waals surface area contributed by atoms with Crippen molar-refractivity contribution in [2.75, 3.05) is 0 Å². The first kappa shape index (κ1) is 14.0. The van der Waals surface area contributed by atoms with Gasteiger partial charge >= 0.3 is 11.9 Å². The van der Waals surface area contributed by atoms with Gasteiger partial charge in [-0.1, -0.05) is 35.9 Å². The van der Waals surface area contributed by atoms with Gasteiger partial charge in [0, 0.05) is 0 Å². The Labute approximate surface area is 112 Å². The maximum atomic E-state index is 12.5. The minimum Gasteiger partial charge on any atom is -0.302 e. The third-order valence-electron chi connectivity index (χ3n) is 2.59. The minimum atomic E-state index is -4.60. The fraction of sp³-hybridized carbons (Fsp3) is 0.143. The van der Waals surface area contributed by atoms with E-state index in [1.807, 2.05) is 31.2 Å². The van der Waals surface area contributed by atoms with Crippen molar-refractivity contribution < 1.29 is 13.2 Å². The molecular weight excluding hydrogens is 269 g/mol. The number of nitrogens with zero attached hydrogens (tertiary/aromatic N) is 1. The van der Waals surface area contributed by atoms with Gasteiger partial charge in [-0.15, -0.1) is 0 Å². The number of hydrogen-bond donors (Lipinski definition) is 1. The summed E-state index contributed by atoms with van der Waals surface area (Å²) in [5.41, 5.74) is -0.284. The Bertz CT molecular complexity index is 685. The van der Waals surface area contributed by atoms with Crippen molar-refractivity contribution >= 4 is 12.2 Å². The van der Waals surface area contributed by atoms with Crippen LogP contribution in [0.4, 0.5) is 13.2 Å². The molecule has 0 fully saturated rings. The molecule has 1 N–H and O–H groups in total. The second kappa shape index (κ2) is 5.32. The molecule has 3 nitrogen and oxygen atoms in total. The molecule has 20 heavy (non-hydrogen) atoms. The number of halogens is 3. The molecule has 0 aliphatic rings. The number of hydrogen-bond acceptors (Lipinski definition) is 2. The third kappa shape index (κ3) is 3.57. The smallest absolute Gasteiger partial charge is 0.302 e. The van der Waals surface area contributed by atoms with Crippen LogP contribution >= 0.6 is 0 Å². The Hall–Kier alpha value is -2.37. The number of aromatic nitrogens is 2. The molecule has 0 aliphatic heterocycles. The number of aromatic amines is 1. The third-order valence-corrected chi connectivity index (χ3v) is 2.59. The number of rotatable bonds is 2. The lowest BCUT2D eigenvalue weighted by atomic mass is 10.1. The summed E-state index contributed by atoms with van der Waals surface area (Å²) < 4.78 is 37.6. The molecule has 2 aromatic rings. The van der Waals surface area contributed by atoms with E-state index in [0.29, 0.717) is 0 Å². The van der Waals surface area contributed by atoms with Gasteiger partial charge < -0.3 is 4.98 Å². The fourth-order valence-electron chi connectivity index (χ4n) is 1.57. The molecule has 0 amide bonds. The van der Waals surface area contributed by atoms with Crippen LogP contribution in [0.25, 0.3) is 12.2 Å². The quantitative estimate of drug-likeness (QED) is 0.917. The van der Waals surface area contributed by atoms with Gasteiger partial charge in [0.05, 0.1) is 5.69 Å². The highest BCUT2D eigenvalue weighted by molar-refractivity contribution is 5.68. The van der Waals surface area contributed by atoms with Crippen molar-refractivity contribution in [3.05, 3.63) is 63.3 Å². The van der Waals surface area contributed by atoms with Crippen molar-refractivity contribution in [2.24, 2.45) is 0 Å². The lowest BCUT2D eigenvalue weighted by molar-refractivity contribution is -0.141. The first-order valence-electron chi connectivity index (χ1n) is 5.78. The van der Waals surface area contributed by atoms with Crippen LogP contribution in [0.1, 0.15) is 22.5 Å². The Morgan fingerprint density at radius 1 is 1.15 bits per heavy atom. The van der Waals surface area contributed by atoms with E-state index in [-0.39, 0.29) is 5.69 Å². The van der Waals surface area contributed by atoms with Crippen molar-refractivity contribution in [3.63, 3.8) is 0 Å². The fourth-order valence-corrected chi connectivity index (χ4v) is 1.57. The number of benzene rings is 1. The van der Waals surface area contributed by atoms with E-state index in [9.17, 15) is 18.0 Å². The van der Waals surface area contributed by atoms with Gasteiger partial charge in [0.2, 0.25) is 0 Å². The molecule has 0 unspecified atom stereocenters. The van der Waals surface area contributed by atoms with E-state index in [1.165, 1.54) is 6.08 Å². The van der Waals surface area contributed by atoms with E-state index in [2.05, 4.69) is 4.98 Å². The second-order valence-electron chi connectivity index (χ2n) is 4.27. The molecule has 1 aromatic carbocycles. The molecule has 2 rings (SSSR count). The van der Waals surface area contributed by atoms with Crippen LogP contribution in [-0.2, 0) is 6.18 Å². The zero-order chi connectivity index (χ0) is 14.8. The number of aryl methyl sites for hydroxylation is 1. The molecule has 0 aliphatic carbocycles. The summed E-state index contributed by atoms with van der Waals surface area (Å²) >= 11 is 0. The maximum Gasteiger partial charge on any atom is 0.431 e. The number of alkyl halides is 3. The van der Waals surface area contributed by atoms with Crippen LogP contribution in [-0.4, -0.2) is 9.97 Å². The summed E-state index contributed by atoms with van der Waals surface area (Å²) in [5.74, 6) is 0. The van der Waals surface area contributed by atoms with Crippen LogP contribution in [0.2, 0.25) is 0 Å². The lowest BCUT2D eigenvalue weighted by Gasteiger charge is -2.05. The summed E-state index contributed by atoms with van der Waals surface area (Å²) in [4.78, 5) is 16.3. The molecule has 0 bridgehead atoms. The van der Waals surface area contributed by atoms with Gasteiger partial charge in [-0.2, -0.15) is 18.2 Å². The molecule has 0 spiro atoms. The monoisotopic (exact) mass is 280 g/mol. The van der Waals surface area contributed by atoms with Crippen molar-refractivity contribution in [3.8, 4) is 0 Å². The Morgan fingerprint density at radius 3 is 2.40 bits per heavy atom. The SMILES string of the molecule is Cc1ccc(C=Cc2cc(C(F)(F)F)[nH]c(=O)n2)cc1. The van der Waals surface area contributed by atoms with Crippen LogP contribution in [0.15, 0.2) is 35.1 Å². The van der Waals surface area contributed by atoms with Gasteiger partial charge in [-0.05, 0) is 24.6 Å². The molecular formula is C14H11F3N2O. The standard InChI is InChI=1S/C14H11F3N2O/c1-9-2-4-10(5-3-9)6-7-11-8-12(14(15,16)17)19-13(20)18-11/h2-8H,1H3,(H,18,19,20). The molecule has 6 heteroatoms. The number of nitrogens with one attached hydrogen (secondary N) is 1. The zero-order valence-corrected chi connectivity index (χ0v) is 10.5. The van der Waals surface area contributed by atoms with E-state index in [4.69, 9.17) is 0 Å². The van der Waals surface area contributed by atoms with E-state index in [1.54, 1.807) is 11.1 Å². The first-order chi connectivity index (χ1) is 9.34. The lowest BCUT2D eigenvalue weighted by Crippen LogP contribution is -2.19. The van der Waals surface area contributed by atoms with Gasteiger partial charge in [0.15, 0.2) is 0 Å². The van der Waals surface area contributed by atoms with Crippen molar-refractivity contribution in [2.45, 2.75) is 13.1 Å². The highest BCUT2D eigenvalue weighted by Gasteiger charge is 2.32. The van der Waals surface area contributed by atoms with Gasteiger partial charge in [-0.25, -0.2) is 4.79 Å². The second-order valence-corrected chi connectivity index (χ2v) is 4.27. The van der Waals surface area contributed by atoms with Crippen molar-refractivity contribution in [1.29, 1.82) is 0 Å². The Balaban J connectivity index is 2.32. The summed E-state index contributed by atoms with van der Waals surface area (Å²) in [6.45, 7) is 1.93. The van der Waals surface area contributed by atoms with Crippen LogP contribution in [0.5, 0.6) is 0 Å². The van der Waals surface area contributed by atoms with Gasteiger partial charge in [0.1, 0.15) is 5.69 Å². The Kier molecular flexibility index (Phi) is 3.74. The maximum absolute atomic E-state index is 12.5. The van der Waals surface area contributed by atoms with Gasteiger partial charge in [0.25, 0.3) is 0 Å². The first-order valence-corrected chi connectivity index (χ1v) is 5.78.